The molecule has 1 saturated carbocycles. The smallest absolute Gasteiger partial charge is 0.323 e. The first-order valence-electron chi connectivity index (χ1n) is 5.35. The minimum atomic E-state index is -0.591. The first kappa shape index (κ1) is 11.1. The fourth-order valence-corrected chi connectivity index (χ4v) is 2.44. The lowest BCUT2D eigenvalue weighted by molar-refractivity contribution is -0.143. The van der Waals surface area contributed by atoms with E-state index in [2.05, 4.69) is 5.10 Å². The van der Waals surface area contributed by atoms with E-state index in [0.29, 0.717) is 0 Å². The van der Waals surface area contributed by atoms with Crippen molar-refractivity contribution >= 4 is 5.97 Å². The zero-order chi connectivity index (χ0) is 11.9. The van der Waals surface area contributed by atoms with Gasteiger partial charge in [-0.3, -0.25) is 9.48 Å². The number of carbonyl (C=O) groups is 1. The van der Waals surface area contributed by atoms with Gasteiger partial charge in [-0.2, -0.15) is 5.10 Å². The van der Waals surface area contributed by atoms with Crippen LogP contribution in [0.1, 0.15) is 24.1 Å². The molecule has 2 rings (SSSR count). The van der Waals surface area contributed by atoms with E-state index in [1.165, 1.54) is 7.11 Å². The summed E-state index contributed by atoms with van der Waals surface area (Å²) >= 11 is 0. The van der Waals surface area contributed by atoms with Crippen molar-refractivity contribution in [2.45, 2.75) is 31.2 Å². The maximum atomic E-state index is 11.5. The summed E-state index contributed by atoms with van der Waals surface area (Å²) in [5.74, 6) is -0.349. The third kappa shape index (κ3) is 1.43. The molecular formula is C11H17N3O2. The van der Waals surface area contributed by atoms with E-state index in [9.17, 15) is 4.79 Å². The van der Waals surface area contributed by atoms with Crippen molar-refractivity contribution in [3.05, 3.63) is 17.5 Å². The van der Waals surface area contributed by atoms with Crippen LogP contribution in [0.5, 0.6) is 0 Å². The second-order valence-corrected chi connectivity index (χ2v) is 4.46. The molecule has 1 unspecified atom stereocenters. The molecule has 0 spiro atoms. The summed E-state index contributed by atoms with van der Waals surface area (Å²) in [4.78, 5) is 11.5. The summed E-state index contributed by atoms with van der Waals surface area (Å²) in [5.41, 5.74) is 7.86. The molecule has 5 heteroatoms. The number of aromatic nitrogens is 2. The number of esters is 1. The van der Waals surface area contributed by atoms with Gasteiger partial charge in [-0.15, -0.1) is 0 Å². The van der Waals surface area contributed by atoms with E-state index >= 15 is 0 Å². The number of rotatable bonds is 3. The summed E-state index contributed by atoms with van der Waals surface area (Å²) in [6.45, 7) is 1.99. The van der Waals surface area contributed by atoms with Gasteiger partial charge in [0.25, 0.3) is 0 Å². The topological polar surface area (TPSA) is 70.1 Å². The van der Waals surface area contributed by atoms with Crippen LogP contribution in [0, 0.1) is 6.92 Å². The molecule has 1 fully saturated rings. The van der Waals surface area contributed by atoms with Crippen LogP contribution in [0.2, 0.25) is 0 Å². The Morgan fingerprint density at radius 3 is 2.69 bits per heavy atom. The standard InChI is InChI=1S/C11H17N3O2/c1-7-6-13-14(2)9(7)11(4-5-11)8(12)10(15)16-3/h6,8H,4-5,12H2,1-3H3. The fourth-order valence-electron chi connectivity index (χ4n) is 2.44. The van der Waals surface area contributed by atoms with Gasteiger partial charge in [0, 0.05) is 18.2 Å². The SMILES string of the molecule is COC(=O)C(N)C1(c2c(C)cnn2C)CC1. The Kier molecular flexibility index (Phi) is 2.50. The number of nitrogens with two attached hydrogens (primary N) is 1. The molecule has 0 saturated heterocycles. The van der Waals surface area contributed by atoms with Crippen LogP contribution >= 0.6 is 0 Å². The lowest BCUT2D eigenvalue weighted by Gasteiger charge is -2.22. The molecule has 0 radical (unpaired) electrons. The monoisotopic (exact) mass is 223 g/mol. The quantitative estimate of drug-likeness (QED) is 0.746. The lowest BCUT2D eigenvalue weighted by Crippen LogP contribution is -2.44. The first-order valence-corrected chi connectivity index (χ1v) is 5.35. The summed E-state index contributed by atoms with van der Waals surface area (Å²) in [6, 6.07) is -0.591. The summed E-state index contributed by atoms with van der Waals surface area (Å²) in [6.07, 6.45) is 3.65. The Hall–Kier alpha value is -1.36. The second kappa shape index (κ2) is 3.59. The van der Waals surface area contributed by atoms with Crippen LogP contribution in [0.4, 0.5) is 0 Å². The van der Waals surface area contributed by atoms with E-state index in [1.54, 1.807) is 6.20 Å². The first-order chi connectivity index (χ1) is 7.53. The maximum absolute atomic E-state index is 11.5. The Labute approximate surface area is 94.6 Å². The van der Waals surface area contributed by atoms with Crippen molar-refractivity contribution in [1.29, 1.82) is 0 Å². The van der Waals surface area contributed by atoms with Crippen LogP contribution in [-0.4, -0.2) is 28.9 Å². The fraction of sp³-hybridized carbons (Fsp3) is 0.636. The van der Waals surface area contributed by atoms with Crippen LogP contribution in [0.15, 0.2) is 6.20 Å². The molecule has 0 bridgehead atoms. The number of nitrogens with zero attached hydrogens (tertiary/aromatic N) is 2. The molecule has 1 aromatic heterocycles. The van der Waals surface area contributed by atoms with Gasteiger partial charge < -0.3 is 10.5 Å². The highest BCUT2D eigenvalue weighted by Gasteiger charge is 2.55. The third-order valence-corrected chi connectivity index (χ3v) is 3.43. The molecule has 1 heterocycles. The molecule has 16 heavy (non-hydrogen) atoms. The highest BCUT2D eigenvalue weighted by atomic mass is 16.5. The maximum Gasteiger partial charge on any atom is 0.323 e. The second-order valence-electron chi connectivity index (χ2n) is 4.46. The van der Waals surface area contributed by atoms with Crippen molar-refractivity contribution in [1.82, 2.24) is 9.78 Å². The molecule has 2 N–H and O–H groups in total. The van der Waals surface area contributed by atoms with E-state index in [4.69, 9.17) is 10.5 Å². The van der Waals surface area contributed by atoms with Crippen LogP contribution < -0.4 is 5.73 Å². The van der Waals surface area contributed by atoms with E-state index < -0.39 is 6.04 Å². The van der Waals surface area contributed by atoms with E-state index in [0.717, 1.165) is 24.1 Å². The Morgan fingerprint density at radius 1 is 1.69 bits per heavy atom. The van der Waals surface area contributed by atoms with Crippen molar-refractivity contribution in [2.75, 3.05) is 7.11 Å². The van der Waals surface area contributed by atoms with Gasteiger partial charge in [-0.05, 0) is 25.3 Å². The van der Waals surface area contributed by atoms with Gasteiger partial charge in [0.05, 0.1) is 13.3 Å². The number of carbonyl (C=O) groups excluding carboxylic acids is 1. The average molecular weight is 223 g/mol. The molecule has 1 aliphatic carbocycles. The molecule has 1 aromatic rings. The van der Waals surface area contributed by atoms with E-state index in [-0.39, 0.29) is 11.4 Å². The minimum absolute atomic E-state index is 0.261. The van der Waals surface area contributed by atoms with Crippen molar-refractivity contribution in [3.63, 3.8) is 0 Å². The van der Waals surface area contributed by atoms with Crippen molar-refractivity contribution < 1.29 is 9.53 Å². The Morgan fingerprint density at radius 2 is 2.31 bits per heavy atom. The van der Waals surface area contributed by atoms with Crippen LogP contribution in [-0.2, 0) is 22.0 Å². The van der Waals surface area contributed by atoms with Crippen LogP contribution in [0.3, 0.4) is 0 Å². The Bertz CT molecular complexity index is 401. The molecule has 0 amide bonds. The Balaban J connectivity index is 2.37. The lowest BCUT2D eigenvalue weighted by atomic mass is 9.91. The number of ether oxygens (including phenoxy) is 1. The number of hydrogen-bond acceptors (Lipinski definition) is 4. The molecule has 1 aliphatic rings. The molecule has 5 nitrogen and oxygen atoms in total. The van der Waals surface area contributed by atoms with Gasteiger partial charge in [-0.1, -0.05) is 0 Å². The number of methoxy groups -OCH3 is 1. The average Bonchev–Trinajstić information content (AvgIpc) is 2.99. The van der Waals surface area contributed by atoms with Gasteiger partial charge in [0.15, 0.2) is 0 Å². The number of hydrogen-bond donors (Lipinski definition) is 1. The van der Waals surface area contributed by atoms with Crippen LogP contribution in [0.25, 0.3) is 0 Å². The summed E-state index contributed by atoms with van der Waals surface area (Å²) in [5, 5.41) is 4.20. The third-order valence-electron chi connectivity index (χ3n) is 3.43. The largest absolute Gasteiger partial charge is 0.468 e. The van der Waals surface area contributed by atoms with E-state index in [1.807, 2.05) is 18.7 Å². The number of aryl methyl sites for hydroxylation is 2. The van der Waals surface area contributed by atoms with Gasteiger partial charge >= 0.3 is 5.97 Å². The van der Waals surface area contributed by atoms with Crippen molar-refractivity contribution in [3.8, 4) is 0 Å². The highest BCUT2D eigenvalue weighted by molar-refractivity contribution is 5.78. The van der Waals surface area contributed by atoms with Gasteiger partial charge in [0.2, 0.25) is 0 Å². The van der Waals surface area contributed by atoms with Gasteiger partial charge in [-0.25, -0.2) is 0 Å². The molecule has 88 valence electrons. The normalized spacial score (nSPS) is 19.2. The predicted octanol–water partition coefficient (Wildman–Crippen LogP) is 0.260. The molecule has 0 aliphatic heterocycles. The summed E-state index contributed by atoms with van der Waals surface area (Å²) < 4.78 is 6.53. The highest BCUT2D eigenvalue weighted by Crippen LogP contribution is 2.51. The minimum Gasteiger partial charge on any atom is -0.468 e. The predicted molar refractivity (Wildman–Crippen MR) is 58.8 cm³/mol. The summed E-state index contributed by atoms with van der Waals surface area (Å²) in [7, 11) is 3.25. The molecule has 1 atom stereocenters. The molecule has 0 aromatic carbocycles. The zero-order valence-corrected chi connectivity index (χ0v) is 9.86. The van der Waals surface area contributed by atoms with Gasteiger partial charge in [0.1, 0.15) is 6.04 Å². The zero-order valence-electron chi connectivity index (χ0n) is 9.86. The molecular weight excluding hydrogens is 206 g/mol. The van der Waals surface area contributed by atoms with Crippen molar-refractivity contribution in [2.24, 2.45) is 12.8 Å².